The number of amides is 2. The van der Waals surface area contributed by atoms with Crippen molar-refractivity contribution < 1.29 is 14.3 Å². The van der Waals surface area contributed by atoms with Crippen molar-refractivity contribution >= 4 is 29.0 Å². The predicted octanol–water partition coefficient (Wildman–Crippen LogP) is 4.25. The minimum atomic E-state index is -0.133. The molecule has 1 fully saturated rings. The lowest BCUT2D eigenvalue weighted by Crippen LogP contribution is -2.25. The molecular weight excluding hydrogens is 374 g/mol. The molecule has 7 heteroatoms. The van der Waals surface area contributed by atoms with Crippen LogP contribution in [0.25, 0.3) is 0 Å². The fourth-order valence-electron chi connectivity index (χ4n) is 3.30. The van der Waals surface area contributed by atoms with Gasteiger partial charge in [0.05, 0.1) is 6.61 Å². The van der Waals surface area contributed by atoms with E-state index in [0.29, 0.717) is 49.0 Å². The predicted molar refractivity (Wildman–Crippen MR) is 111 cm³/mol. The van der Waals surface area contributed by atoms with Gasteiger partial charge in [-0.3, -0.25) is 9.59 Å². The summed E-state index contributed by atoms with van der Waals surface area (Å²) in [5.41, 5.74) is 0.655. The van der Waals surface area contributed by atoms with Gasteiger partial charge < -0.3 is 15.4 Å². The first-order valence-electron chi connectivity index (χ1n) is 9.90. The Morgan fingerprint density at radius 2 is 2.07 bits per heavy atom. The van der Waals surface area contributed by atoms with E-state index < -0.39 is 0 Å². The number of carbonyl (C=O) groups is 2. The molecule has 2 aromatic heterocycles. The minimum absolute atomic E-state index is 0.107. The van der Waals surface area contributed by atoms with Crippen molar-refractivity contribution in [1.82, 2.24) is 10.3 Å². The maximum atomic E-state index is 12.2. The second-order valence-corrected chi connectivity index (χ2v) is 7.86. The summed E-state index contributed by atoms with van der Waals surface area (Å²) in [5, 5.41) is 9.32. The summed E-state index contributed by atoms with van der Waals surface area (Å²) in [4.78, 5) is 28.3. The highest BCUT2D eigenvalue weighted by atomic mass is 32.1. The van der Waals surface area contributed by atoms with E-state index in [1.165, 1.54) is 43.4 Å². The smallest absolute Gasteiger partial charge is 0.252 e. The molecule has 0 atom stereocenters. The molecule has 28 heavy (non-hydrogen) atoms. The molecule has 2 amide bonds. The molecule has 2 aromatic rings. The highest BCUT2D eigenvalue weighted by Crippen LogP contribution is 2.27. The Kier molecular flexibility index (Phi) is 7.84. The maximum Gasteiger partial charge on any atom is 0.252 e. The van der Waals surface area contributed by atoms with Gasteiger partial charge in [-0.1, -0.05) is 19.3 Å². The summed E-state index contributed by atoms with van der Waals surface area (Å²) >= 11 is 1.48. The van der Waals surface area contributed by atoms with Gasteiger partial charge in [0.2, 0.25) is 5.91 Å². The van der Waals surface area contributed by atoms with Crippen LogP contribution < -0.4 is 15.4 Å². The van der Waals surface area contributed by atoms with Gasteiger partial charge in [-0.2, -0.15) is 11.3 Å². The van der Waals surface area contributed by atoms with Crippen LogP contribution >= 0.6 is 11.3 Å². The second-order valence-electron chi connectivity index (χ2n) is 7.08. The summed E-state index contributed by atoms with van der Waals surface area (Å²) in [6.07, 6.45) is 8.79. The lowest BCUT2D eigenvalue weighted by atomic mass is 9.90. The number of nitrogens with one attached hydrogen (secondary N) is 2. The largest absolute Gasteiger partial charge is 0.489 e. The van der Waals surface area contributed by atoms with E-state index in [9.17, 15) is 9.59 Å². The third-order valence-corrected chi connectivity index (χ3v) is 5.56. The van der Waals surface area contributed by atoms with Crippen LogP contribution in [0.3, 0.4) is 0 Å². The van der Waals surface area contributed by atoms with Crippen molar-refractivity contribution in [3.05, 3.63) is 40.7 Å². The zero-order valence-electron chi connectivity index (χ0n) is 16.0. The SMILES string of the molecule is O=C(CCCNC(=O)c1ccsc1)Nc1ncccc1OCC1CCCCC1. The molecule has 3 rings (SSSR count). The Balaban J connectivity index is 1.40. The van der Waals surface area contributed by atoms with Gasteiger partial charge in [-0.05, 0) is 48.8 Å². The van der Waals surface area contributed by atoms with E-state index in [2.05, 4.69) is 15.6 Å². The monoisotopic (exact) mass is 401 g/mol. The second kappa shape index (κ2) is 10.8. The normalized spacial score (nSPS) is 14.4. The summed E-state index contributed by atoms with van der Waals surface area (Å²) in [6, 6.07) is 5.43. The summed E-state index contributed by atoms with van der Waals surface area (Å²) in [5.74, 6) is 1.43. The number of carbonyl (C=O) groups excluding carboxylic acids is 2. The van der Waals surface area contributed by atoms with Crippen molar-refractivity contribution in [1.29, 1.82) is 0 Å². The lowest BCUT2D eigenvalue weighted by molar-refractivity contribution is -0.116. The molecule has 150 valence electrons. The Morgan fingerprint density at radius 1 is 1.21 bits per heavy atom. The maximum absolute atomic E-state index is 12.2. The van der Waals surface area contributed by atoms with Crippen molar-refractivity contribution in [2.75, 3.05) is 18.5 Å². The van der Waals surface area contributed by atoms with Gasteiger partial charge in [0.15, 0.2) is 11.6 Å². The number of hydrogen-bond acceptors (Lipinski definition) is 5. The van der Waals surface area contributed by atoms with Crippen LogP contribution in [-0.4, -0.2) is 29.9 Å². The van der Waals surface area contributed by atoms with Crippen LogP contribution in [0.5, 0.6) is 5.75 Å². The molecule has 6 nitrogen and oxygen atoms in total. The molecule has 0 bridgehead atoms. The molecule has 0 aromatic carbocycles. The third kappa shape index (κ3) is 6.34. The average Bonchev–Trinajstić information content (AvgIpc) is 3.26. The zero-order valence-corrected chi connectivity index (χ0v) is 16.8. The van der Waals surface area contributed by atoms with E-state index in [-0.39, 0.29) is 11.8 Å². The number of hydrogen-bond donors (Lipinski definition) is 2. The first-order valence-corrected chi connectivity index (χ1v) is 10.8. The Morgan fingerprint density at radius 3 is 2.86 bits per heavy atom. The van der Waals surface area contributed by atoms with E-state index >= 15 is 0 Å². The standard InChI is InChI=1S/C21H27N3O3S/c25-19(9-5-12-23-21(26)17-10-13-28-15-17)24-20-18(8-4-11-22-20)27-14-16-6-2-1-3-7-16/h4,8,10-11,13,15-16H,1-3,5-7,9,12,14H2,(H,23,26)(H,22,24,25). The highest BCUT2D eigenvalue weighted by molar-refractivity contribution is 7.08. The zero-order chi connectivity index (χ0) is 19.6. The van der Waals surface area contributed by atoms with Crippen molar-refractivity contribution in [2.45, 2.75) is 44.9 Å². The third-order valence-electron chi connectivity index (χ3n) is 4.88. The van der Waals surface area contributed by atoms with Crippen LogP contribution in [-0.2, 0) is 4.79 Å². The number of rotatable bonds is 9. The van der Waals surface area contributed by atoms with Crippen LogP contribution in [0.15, 0.2) is 35.2 Å². The van der Waals surface area contributed by atoms with Crippen molar-refractivity contribution in [3.8, 4) is 5.75 Å². The summed E-state index contributed by atoms with van der Waals surface area (Å²) < 4.78 is 5.94. The average molecular weight is 402 g/mol. The number of nitrogens with zero attached hydrogens (tertiary/aromatic N) is 1. The van der Waals surface area contributed by atoms with Crippen LogP contribution in [0.2, 0.25) is 0 Å². The molecule has 0 spiro atoms. The van der Waals surface area contributed by atoms with Crippen molar-refractivity contribution in [2.24, 2.45) is 5.92 Å². The van der Waals surface area contributed by atoms with Gasteiger partial charge >= 0.3 is 0 Å². The van der Waals surface area contributed by atoms with Crippen LogP contribution in [0.4, 0.5) is 5.82 Å². The lowest BCUT2D eigenvalue weighted by Gasteiger charge is -2.22. The summed E-state index contributed by atoms with van der Waals surface area (Å²) in [7, 11) is 0. The number of ether oxygens (including phenoxy) is 1. The molecule has 1 saturated carbocycles. The van der Waals surface area contributed by atoms with Gasteiger partial charge in [0.25, 0.3) is 5.91 Å². The molecule has 1 aliphatic carbocycles. The van der Waals surface area contributed by atoms with Gasteiger partial charge in [0, 0.05) is 30.1 Å². The molecule has 0 radical (unpaired) electrons. The molecule has 0 unspecified atom stereocenters. The van der Waals surface area contributed by atoms with E-state index in [0.717, 1.165) is 0 Å². The van der Waals surface area contributed by atoms with Gasteiger partial charge in [0.1, 0.15) is 0 Å². The van der Waals surface area contributed by atoms with E-state index in [1.807, 2.05) is 17.5 Å². The molecule has 0 saturated heterocycles. The Bertz CT molecular complexity index is 758. The molecule has 0 aliphatic heterocycles. The first kappa shape index (κ1) is 20.3. The Labute approximate surface area is 169 Å². The highest BCUT2D eigenvalue weighted by Gasteiger charge is 2.16. The van der Waals surface area contributed by atoms with E-state index in [4.69, 9.17) is 4.74 Å². The molecular formula is C21H27N3O3S. The number of aromatic nitrogens is 1. The molecule has 2 heterocycles. The quantitative estimate of drug-likeness (QED) is 0.616. The van der Waals surface area contributed by atoms with Crippen LogP contribution in [0, 0.1) is 5.92 Å². The molecule has 2 N–H and O–H groups in total. The van der Waals surface area contributed by atoms with E-state index in [1.54, 1.807) is 17.6 Å². The first-order chi connectivity index (χ1) is 13.7. The summed E-state index contributed by atoms with van der Waals surface area (Å²) in [6.45, 7) is 1.12. The van der Waals surface area contributed by atoms with Crippen molar-refractivity contribution in [3.63, 3.8) is 0 Å². The van der Waals surface area contributed by atoms with Crippen LogP contribution in [0.1, 0.15) is 55.3 Å². The number of anilines is 1. The minimum Gasteiger partial charge on any atom is -0.489 e. The number of pyridine rings is 1. The fourth-order valence-corrected chi connectivity index (χ4v) is 3.94. The fraction of sp³-hybridized carbons (Fsp3) is 0.476. The van der Waals surface area contributed by atoms with Gasteiger partial charge in [-0.25, -0.2) is 4.98 Å². The number of thiophene rings is 1. The molecule has 1 aliphatic rings. The van der Waals surface area contributed by atoms with Gasteiger partial charge in [-0.15, -0.1) is 0 Å². The Hall–Kier alpha value is -2.41. The topological polar surface area (TPSA) is 80.3 Å².